The third kappa shape index (κ3) is 2.33. The van der Waals surface area contributed by atoms with Gasteiger partial charge < -0.3 is 0 Å². The van der Waals surface area contributed by atoms with E-state index in [-0.39, 0.29) is 5.41 Å². The first-order chi connectivity index (χ1) is 7.47. The molecule has 86 valence electrons. The standard InChI is InChI=1S/C14H19NO/c1-14(2,3)13(16)10-15-8-11-6-4-5-7-12(11)9-15/h4-7H,8-10H2,1-3H3. The van der Waals surface area contributed by atoms with E-state index in [4.69, 9.17) is 0 Å². The van der Waals surface area contributed by atoms with E-state index in [1.54, 1.807) is 0 Å². The molecule has 0 fully saturated rings. The van der Waals surface area contributed by atoms with Crippen molar-refractivity contribution in [1.29, 1.82) is 0 Å². The average Bonchev–Trinajstić information content (AvgIpc) is 2.58. The van der Waals surface area contributed by atoms with Crippen molar-refractivity contribution in [3.05, 3.63) is 35.4 Å². The summed E-state index contributed by atoms with van der Waals surface area (Å²) in [6, 6.07) is 8.43. The molecule has 2 nitrogen and oxygen atoms in total. The van der Waals surface area contributed by atoms with E-state index in [1.165, 1.54) is 11.1 Å². The maximum Gasteiger partial charge on any atom is 0.152 e. The minimum Gasteiger partial charge on any atom is -0.298 e. The zero-order valence-electron chi connectivity index (χ0n) is 10.3. The number of carbonyl (C=O) groups is 1. The zero-order valence-corrected chi connectivity index (χ0v) is 10.3. The topological polar surface area (TPSA) is 20.3 Å². The van der Waals surface area contributed by atoms with Crippen LogP contribution in [0.25, 0.3) is 0 Å². The number of hydrogen-bond acceptors (Lipinski definition) is 2. The Morgan fingerprint density at radius 3 is 2.12 bits per heavy atom. The summed E-state index contributed by atoms with van der Waals surface area (Å²) >= 11 is 0. The van der Waals surface area contributed by atoms with Gasteiger partial charge in [-0.3, -0.25) is 9.69 Å². The van der Waals surface area contributed by atoms with Crippen molar-refractivity contribution in [2.45, 2.75) is 33.9 Å². The molecule has 0 saturated heterocycles. The van der Waals surface area contributed by atoms with E-state index in [1.807, 2.05) is 20.8 Å². The van der Waals surface area contributed by atoms with Gasteiger partial charge >= 0.3 is 0 Å². The fraction of sp³-hybridized carbons (Fsp3) is 0.500. The first-order valence-corrected chi connectivity index (χ1v) is 5.79. The molecule has 1 aliphatic heterocycles. The molecule has 2 heteroatoms. The summed E-state index contributed by atoms with van der Waals surface area (Å²) in [5.41, 5.74) is 2.50. The van der Waals surface area contributed by atoms with Crippen LogP contribution in [0.2, 0.25) is 0 Å². The van der Waals surface area contributed by atoms with E-state index in [2.05, 4.69) is 29.2 Å². The molecular formula is C14H19NO. The van der Waals surface area contributed by atoms with Gasteiger partial charge in [-0.15, -0.1) is 0 Å². The van der Waals surface area contributed by atoms with Gasteiger partial charge in [-0.05, 0) is 11.1 Å². The lowest BCUT2D eigenvalue weighted by molar-refractivity contribution is -0.127. The highest BCUT2D eigenvalue weighted by atomic mass is 16.1. The lowest BCUT2D eigenvalue weighted by Crippen LogP contribution is -2.32. The van der Waals surface area contributed by atoms with E-state index in [9.17, 15) is 4.79 Å². The highest BCUT2D eigenvalue weighted by Gasteiger charge is 2.26. The molecule has 0 spiro atoms. The molecule has 0 atom stereocenters. The highest BCUT2D eigenvalue weighted by molar-refractivity contribution is 5.85. The average molecular weight is 217 g/mol. The van der Waals surface area contributed by atoms with Crippen LogP contribution in [0, 0.1) is 5.41 Å². The van der Waals surface area contributed by atoms with E-state index in [0.29, 0.717) is 12.3 Å². The fourth-order valence-corrected chi connectivity index (χ4v) is 1.96. The fourth-order valence-electron chi connectivity index (χ4n) is 1.96. The Labute approximate surface area is 97.3 Å². The number of nitrogens with zero attached hydrogens (tertiary/aromatic N) is 1. The third-order valence-corrected chi connectivity index (χ3v) is 3.11. The van der Waals surface area contributed by atoms with Gasteiger partial charge in [0.2, 0.25) is 0 Å². The zero-order chi connectivity index (χ0) is 11.8. The van der Waals surface area contributed by atoms with Gasteiger partial charge in [0.25, 0.3) is 0 Å². The second-order valence-corrected chi connectivity index (χ2v) is 5.59. The predicted molar refractivity (Wildman–Crippen MR) is 65.0 cm³/mol. The Kier molecular flexibility index (Phi) is 2.85. The monoisotopic (exact) mass is 217 g/mol. The molecule has 0 amide bonds. The van der Waals surface area contributed by atoms with Crippen molar-refractivity contribution in [2.24, 2.45) is 5.41 Å². The number of ketones is 1. The molecule has 16 heavy (non-hydrogen) atoms. The molecule has 0 aromatic heterocycles. The van der Waals surface area contributed by atoms with Gasteiger partial charge in [0.05, 0.1) is 6.54 Å². The molecule has 1 aliphatic rings. The van der Waals surface area contributed by atoms with Gasteiger partial charge in [-0.2, -0.15) is 0 Å². The smallest absolute Gasteiger partial charge is 0.152 e. The van der Waals surface area contributed by atoms with Crippen LogP contribution in [0.4, 0.5) is 0 Å². The number of rotatable bonds is 2. The minimum atomic E-state index is -0.227. The van der Waals surface area contributed by atoms with Crippen molar-refractivity contribution >= 4 is 5.78 Å². The lowest BCUT2D eigenvalue weighted by atomic mass is 9.90. The van der Waals surface area contributed by atoms with Crippen LogP contribution in [0.1, 0.15) is 31.9 Å². The molecule has 1 aromatic carbocycles. The Morgan fingerprint density at radius 2 is 1.69 bits per heavy atom. The van der Waals surface area contributed by atoms with Crippen LogP contribution in [0.5, 0.6) is 0 Å². The molecule has 0 unspecified atom stereocenters. The van der Waals surface area contributed by atoms with Gasteiger partial charge in [0.1, 0.15) is 0 Å². The number of Topliss-reactive ketones (excluding diaryl/α,β-unsaturated/α-hetero) is 1. The van der Waals surface area contributed by atoms with Crippen LogP contribution in [0.3, 0.4) is 0 Å². The number of carbonyl (C=O) groups excluding carboxylic acids is 1. The number of benzene rings is 1. The van der Waals surface area contributed by atoms with Crippen LogP contribution in [-0.4, -0.2) is 17.2 Å². The molecule has 0 radical (unpaired) electrons. The summed E-state index contributed by atoms with van der Waals surface area (Å²) in [4.78, 5) is 14.2. The van der Waals surface area contributed by atoms with E-state index < -0.39 is 0 Å². The van der Waals surface area contributed by atoms with Gasteiger partial charge in [0.15, 0.2) is 5.78 Å². The second kappa shape index (κ2) is 4.02. The van der Waals surface area contributed by atoms with Crippen LogP contribution < -0.4 is 0 Å². The summed E-state index contributed by atoms with van der Waals surface area (Å²) in [6.45, 7) is 8.35. The van der Waals surface area contributed by atoms with Crippen molar-refractivity contribution in [3.8, 4) is 0 Å². The largest absolute Gasteiger partial charge is 0.298 e. The van der Waals surface area contributed by atoms with Crippen LogP contribution >= 0.6 is 0 Å². The van der Waals surface area contributed by atoms with Crippen LogP contribution in [0.15, 0.2) is 24.3 Å². The molecule has 0 N–H and O–H groups in total. The molecule has 1 aromatic rings. The van der Waals surface area contributed by atoms with Crippen molar-refractivity contribution in [1.82, 2.24) is 4.90 Å². The molecule has 1 heterocycles. The maximum absolute atomic E-state index is 11.9. The Balaban J connectivity index is 2.00. The molecule has 2 rings (SSSR count). The van der Waals surface area contributed by atoms with Crippen molar-refractivity contribution < 1.29 is 4.79 Å². The maximum atomic E-state index is 11.9. The summed E-state index contributed by atoms with van der Waals surface area (Å²) in [5.74, 6) is 0.320. The highest BCUT2D eigenvalue weighted by Crippen LogP contribution is 2.23. The van der Waals surface area contributed by atoms with E-state index in [0.717, 1.165) is 13.1 Å². The summed E-state index contributed by atoms with van der Waals surface area (Å²) in [6.07, 6.45) is 0. The molecule has 0 bridgehead atoms. The molecule has 0 saturated carbocycles. The molecular weight excluding hydrogens is 198 g/mol. The van der Waals surface area contributed by atoms with Crippen LogP contribution in [-0.2, 0) is 17.9 Å². The first kappa shape index (κ1) is 11.3. The van der Waals surface area contributed by atoms with Gasteiger partial charge in [-0.25, -0.2) is 0 Å². The van der Waals surface area contributed by atoms with E-state index >= 15 is 0 Å². The normalized spacial score (nSPS) is 16.2. The minimum absolute atomic E-state index is 0.227. The summed E-state index contributed by atoms with van der Waals surface area (Å²) in [5, 5.41) is 0. The predicted octanol–water partition coefficient (Wildman–Crippen LogP) is 2.62. The van der Waals surface area contributed by atoms with Gasteiger partial charge in [0, 0.05) is 18.5 Å². The SMILES string of the molecule is CC(C)(C)C(=O)CN1Cc2ccccc2C1. The molecule has 0 aliphatic carbocycles. The number of fused-ring (bicyclic) bond motifs is 1. The number of hydrogen-bond donors (Lipinski definition) is 0. The lowest BCUT2D eigenvalue weighted by Gasteiger charge is -2.21. The Bertz CT molecular complexity index is 378. The second-order valence-electron chi connectivity index (χ2n) is 5.59. The van der Waals surface area contributed by atoms with Gasteiger partial charge in [-0.1, -0.05) is 45.0 Å². The Hall–Kier alpha value is -1.15. The Morgan fingerprint density at radius 1 is 1.19 bits per heavy atom. The summed E-state index contributed by atoms with van der Waals surface area (Å²) < 4.78 is 0. The van der Waals surface area contributed by atoms with Crippen molar-refractivity contribution in [3.63, 3.8) is 0 Å². The first-order valence-electron chi connectivity index (χ1n) is 5.79. The third-order valence-electron chi connectivity index (χ3n) is 3.11. The van der Waals surface area contributed by atoms with Crippen molar-refractivity contribution in [2.75, 3.05) is 6.54 Å². The quantitative estimate of drug-likeness (QED) is 0.759. The summed E-state index contributed by atoms with van der Waals surface area (Å²) in [7, 11) is 0.